The molecule has 2 rings (SSSR count). The first-order chi connectivity index (χ1) is 9.56. The fourth-order valence-corrected chi connectivity index (χ4v) is 1.66. The number of carboxylic acids is 1. The molecule has 0 saturated heterocycles. The van der Waals surface area contributed by atoms with Crippen LogP contribution in [0, 0.1) is 0 Å². The van der Waals surface area contributed by atoms with Gasteiger partial charge in [0.1, 0.15) is 0 Å². The van der Waals surface area contributed by atoms with Crippen molar-refractivity contribution in [2.75, 3.05) is 11.2 Å². The summed E-state index contributed by atoms with van der Waals surface area (Å²) in [6, 6.07) is 13.6. The van der Waals surface area contributed by atoms with Crippen molar-refractivity contribution in [2.45, 2.75) is 6.92 Å². The molecule has 0 unspecified atom stereocenters. The Morgan fingerprint density at radius 3 is 2.45 bits per heavy atom. The Bertz CT molecular complexity index is 648. The van der Waals surface area contributed by atoms with Crippen LogP contribution in [0.3, 0.4) is 0 Å². The molecule has 0 heterocycles. The zero-order valence-electron chi connectivity index (χ0n) is 11.0. The molecule has 0 radical (unpaired) electrons. The second-order valence-corrected chi connectivity index (χ2v) is 4.30. The SMILES string of the molecule is C/C(=N/Nc1ccc(C(=O)[O-])cc1)c1cccc(N)c1. The monoisotopic (exact) mass is 268 g/mol. The van der Waals surface area contributed by atoms with Gasteiger partial charge >= 0.3 is 0 Å². The summed E-state index contributed by atoms with van der Waals surface area (Å²) in [5, 5.41) is 14.9. The van der Waals surface area contributed by atoms with Gasteiger partial charge in [-0.15, -0.1) is 0 Å². The minimum Gasteiger partial charge on any atom is -0.545 e. The quantitative estimate of drug-likeness (QED) is 0.499. The highest BCUT2D eigenvalue weighted by Gasteiger charge is 1.98. The lowest BCUT2D eigenvalue weighted by Crippen LogP contribution is -2.21. The van der Waals surface area contributed by atoms with Crippen LogP contribution < -0.4 is 16.3 Å². The molecule has 0 spiro atoms. The van der Waals surface area contributed by atoms with Crippen LogP contribution in [0.1, 0.15) is 22.8 Å². The molecule has 0 atom stereocenters. The summed E-state index contributed by atoms with van der Waals surface area (Å²) in [7, 11) is 0. The third-order valence-corrected chi connectivity index (χ3v) is 2.78. The first kappa shape index (κ1) is 13.6. The predicted octanol–water partition coefficient (Wildman–Crippen LogP) is 1.47. The van der Waals surface area contributed by atoms with Crippen molar-refractivity contribution in [3.05, 3.63) is 59.7 Å². The van der Waals surface area contributed by atoms with E-state index in [1.54, 1.807) is 12.1 Å². The molecule has 0 aliphatic heterocycles. The molecule has 0 aliphatic rings. The minimum atomic E-state index is -1.20. The Balaban J connectivity index is 2.10. The molecular formula is C15H14N3O2-. The van der Waals surface area contributed by atoms with Crippen LogP contribution in [-0.4, -0.2) is 11.7 Å². The van der Waals surface area contributed by atoms with Crippen molar-refractivity contribution in [2.24, 2.45) is 5.10 Å². The van der Waals surface area contributed by atoms with E-state index >= 15 is 0 Å². The van der Waals surface area contributed by atoms with Crippen LogP contribution in [0.4, 0.5) is 11.4 Å². The smallest absolute Gasteiger partial charge is 0.0715 e. The second-order valence-electron chi connectivity index (χ2n) is 4.30. The van der Waals surface area contributed by atoms with Gasteiger partial charge < -0.3 is 15.6 Å². The maximum absolute atomic E-state index is 10.6. The molecule has 102 valence electrons. The summed E-state index contributed by atoms with van der Waals surface area (Å²) >= 11 is 0. The van der Waals surface area contributed by atoms with E-state index in [4.69, 9.17) is 5.73 Å². The number of rotatable bonds is 4. The summed E-state index contributed by atoms with van der Waals surface area (Å²) in [5.74, 6) is -1.20. The number of carbonyl (C=O) groups is 1. The van der Waals surface area contributed by atoms with Crippen molar-refractivity contribution in [1.29, 1.82) is 0 Å². The van der Waals surface area contributed by atoms with Crippen molar-refractivity contribution in [3.8, 4) is 0 Å². The number of nitrogens with two attached hydrogens (primary N) is 1. The van der Waals surface area contributed by atoms with Gasteiger partial charge in [-0.3, -0.25) is 5.43 Å². The van der Waals surface area contributed by atoms with Crippen LogP contribution in [0.25, 0.3) is 0 Å². The molecule has 0 aliphatic carbocycles. The highest BCUT2D eigenvalue weighted by atomic mass is 16.4. The fourth-order valence-electron chi connectivity index (χ4n) is 1.66. The third kappa shape index (κ3) is 3.35. The molecule has 0 amide bonds. The van der Waals surface area contributed by atoms with E-state index in [9.17, 15) is 9.90 Å². The fraction of sp³-hybridized carbons (Fsp3) is 0.0667. The normalized spacial score (nSPS) is 11.2. The zero-order valence-corrected chi connectivity index (χ0v) is 11.0. The zero-order chi connectivity index (χ0) is 14.5. The van der Waals surface area contributed by atoms with Crippen molar-refractivity contribution < 1.29 is 9.90 Å². The first-order valence-corrected chi connectivity index (χ1v) is 6.04. The van der Waals surface area contributed by atoms with Crippen LogP contribution in [0.5, 0.6) is 0 Å². The van der Waals surface area contributed by atoms with Gasteiger partial charge in [-0.1, -0.05) is 24.3 Å². The topological polar surface area (TPSA) is 90.5 Å². The van der Waals surface area contributed by atoms with Gasteiger partial charge in [-0.05, 0) is 42.3 Å². The van der Waals surface area contributed by atoms with Crippen LogP contribution in [0.15, 0.2) is 53.6 Å². The second kappa shape index (κ2) is 5.88. The van der Waals surface area contributed by atoms with Gasteiger partial charge in [0, 0.05) is 5.69 Å². The van der Waals surface area contributed by atoms with E-state index in [0.717, 1.165) is 11.3 Å². The van der Waals surface area contributed by atoms with E-state index in [0.29, 0.717) is 11.4 Å². The molecule has 0 aromatic heterocycles. The molecule has 0 bridgehead atoms. The maximum Gasteiger partial charge on any atom is 0.0715 e. The van der Waals surface area contributed by atoms with Gasteiger partial charge in [0.15, 0.2) is 0 Å². The summed E-state index contributed by atoms with van der Waals surface area (Å²) < 4.78 is 0. The van der Waals surface area contributed by atoms with Crippen molar-refractivity contribution in [3.63, 3.8) is 0 Å². The highest BCUT2D eigenvalue weighted by molar-refractivity contribution is 5.99. The standard InChI is InChI=1S/C15H15N3O2/c1-10(12-3-2-4-13(16)9-12)17-18-14-7-5-11(6-8-14)15(19)20/h2-9,18H,16H2,1H3,(H,19,20)/p-1/b17-10-. The number of aromatic carboxylic acids is 1. The average Bonchev–Trinajstić information content (AvgIpc) is 2.45. The Kier molecular flexibility index (Phi) is 4.00. The van der Waals surface area contributed by atoms with E-state index in [2.05, 4.69) is 10.5 Å². The van der Waals surface area contributed by atoms with Crippen molar-refractivity contribution in [1.82, 2.24) is 0 Å². The van der Waals surface area contributed by atoms with Gasteiger partial charge in [0.05, 0.1) is 17.4 Å². The molecular weight excluding hydrogens is 254 g/mol. The van der Waals surface area contributed by atoms with Gasteiger partial charge in [0.2, 0.25) is 0 Å². The van der Waals surface area contributed by atoms with Crippen LogP contribution in [0.2, 0.25) is 0 Å². The molecule has 2 aromatic carbocycles. The first-order valence-electron chi connectivity index (χ1n) is 6.04. The molecule has 2 aromatic rings. The minimum absolute atomic E-state index is 0.132. The molecule has 5 nitrogen and oxygen atoms in total. The molecule has 20 heavy (non-hydrogen) atoms. The van der Waals surface area contributed by atoms with Gasteiger partial charge in [-0.2, -0.15) is 5.10 Å². The number of carboxylic acid groups (broad SMARTS) is 1. The summed E-state index contributed by atoms with van der Waals surface area (Å²) in [4.78, 5) is 10.6. The number of nitrogens with one attached hydrogen (secondary N) is 1. The number of anilines is 2. The number of hydrogen-bond acceptors (Lipinski definition) is 5. The number of carbonyl (C=O) groups excluding carboxylic acids is 1. The Labute approximate surface area is 116 Å². The third-order valence-electron chi connectivity index (χ3n) is 2.78. The largest absolute Gasteiger partial charge is 0.545 e. The lowest BCUT2D eigenvalue weighted by molar-refractivity contribution is -0.255. The molecule has 0 saturated carbocycles. The summed E-state index contributed by atoms with van der Waals surface area (Å²) in [6.45, 7) is 1.86. The Hall–Kier alpha value is -2.82. The van der Waals surface area contributed by atoms with Gasteiger partial charge in [0.25, 0.3) is 0 Å². The Morgan fingerprint density at radius 1 is 1.15 bits per heavy atom. The van der Waals surface area contributed by atoms with Crippen molar-refractivity contribution >= 4 is 23.1 Å². The summed E-state index contributed by atoms with van der Waals surface area (Å²) in [6.07, 6.45) is 0. The number of benzene rings is 2. The van der Waals surface area contributed by atoms with E-state index < -0.39 is 5.97 Å². The summed E-state index contributed by atoms with van der Waals surface area (Å²) in [5.41, 5.74) is 11.8. The maximum atomic E-state index is 10.6. The lowest BCUT2D eigenvalue weighted by Gasteiger charge is -2.06. The Morgan fingerprint density at radius 2 is 1.85 bits per heavy atom. The molecule has 3 N–H and O–H groups in total. The van der Waals surface area contributed by atoms with E-state index in [1.807, 2.05) is 31.2 Å². The highest BCUT2D eigenvalue weighted by Crippen LogP contribution is 2.11. The van der Waals surface area contributed by atoms with E-state index in [1.165, 1.54) is 12.1 Å². The number of hydrazone groups is 1. The van der Waals surface area contributed by atoms with Gasteiger partial charge in [-0.25, -0.2) is 0 Å². The number of nitrogen functional groups attached to an aromatic ring is 1. The van der Waals surface area contributed by atoms with Crippen LogP contribution in [-0.2, 0) is 0 Å². The lowest BCUT2D eigenvalue weighted by atomic mass is 10.1. The predicted molar refractivity (Wildman–Crippen MR) is 77.5 cm³/mol. The van der Waals surface area contributed by atoms with E-state index in [-0.39, 0.29) is 5.56 Å². The molecule has 0 fully saturated rings. The van der Waals surface area contributed by atoms with Crippen LogP contribution >= 0.6 is 0 Å². The molecule has 5 heteroatoms. The number of nitrogens with zero attached hydrogens (tertiary/aromatic N) is 1. The average molecular weight is 268 g/mol. The number of hydrogen-bond donors (Lipinski definition) is 2.